The minimum absolute atomic E-state index is 0. The van der Waals surface area contributed by atoms with E-state index in [1.54, 1.807) is 4.31 Å². The second-order valence-corrected chi connectivity index (χ2v) is 7.49. The molecule has 0 radical (unpaired) electrons. The molecule has 1 saturated heterocycles. The van der Waals surface area contributed by atoms with E-state index in [-0.39, 0.29) is 12.4 Å². The molecule has 6 heteroatoms. The summed E-state index contributed by atoms with van der Waals surface area (Å²) in [7, 11) is -1.05. The van der Waals surface area contributed by atoms with E-state index in [1.807, 2.05) is 7.05 Å². The maximum atomic E-state index is 12.1. The van der Waals surface area contributed by atoms with Crippen molar-refractivity contribution in [3.05, 3.63) is 0 Å². The van der Waals surface area contributed by atoms with Crippen molar-refractivity contribution in [2.75, 3.05) is 32.4 Å². The zero-order valence-corrected chi connectivity index (χ0v) is 13.3. The lowest BCUT2D eigenvalue weighted by molar-refractivity contribution is 0.270. The van der Waals surface area contributed by atoms with Gasteiger partial charge in [-0.05, 0) is 44.7 Å². The molecule has 0 atom stereocenters. The van der Waals surface area contributed by atoms with Crippen molar-refractivity contribution in [1.82, 2.24) is 9.62 Å². The van der Waals surface area contributed by atoms with E-state index in [0.717, 1.165) is 25.8 Å². The van der Waals surface area contributed by atoms with Crippen LogP contribution in [0.15, 0.2) is 0 Å². The van der Waals surface area contributed by atoms with Gasteiger partial charge >= 0.3 is 0 Å². The quantitative estimate of drug-likeness (QED) is 0.812. The van der Waals surface area contributed by atoms with Crippen molar-refractivity contribution in [2.24, 2.45) is 11.8 Å². The van der Waals surface area contributed by atoms with Crippen LogP contribution in [0.1, 0.15) is 33.1 Å². The molecule has 4 nitrogen and oxygen atoms in total. The number of nitrogens with one attached hydrogen (secondary N) is 1. The maximum Gasteiger partial charge on any atom is 0.214 e. The average Bonchev–Trinajstić information content (AvgIpc) is 2.28. The largest absolute Gasteiger partial charge is 0.319 e. The van der Waals surface area contributed by atoms with Gasteiger partial charge in [0.2, 0.25) is 10.0 Å². The second-order valence-electron chi connectivity index (χ2n) is 5.40. The fourth-order valence-corrected chi connectivity index (χ4v) is 3.99. The maximum absolute atomic E-state index is 12.1. The number of hydrogen-bond donors (Lipinski definition) is 1. The van der Waals surface area contributed by atoms with Crippen LogP contribution in [0.3, 0.4) is 0 Å². The summed E-state index contributed by atoms with van der Waals surface area (Å²) in [6.45, 7) is 6.53. The molecule has 1 N–H and O–H groups in total. The van der Waals surface area contributed by atoms with Crippen molar-refractivity contribution in [3.8, 4) is 0 Å². The Morgan fingerprint density at radius 2 is 1.83 bits per heavy atom. The SMILES string of the molecule is CNCC1CCN(S(=O)(=O)CCC(C)C)CC1.Cl. The van der Waals surface area contributed by atoms with Gasteiger partial charge in [0.15, 0.2) is 0 Å². The molecule has 0 aromatic carbocycles. The Labute approximate surface area is 118 Å². The molecule has 0 bridgehead atoms. The predicted molar refractivity (Wildman–Crippen MR) is 78.7 cm³/mol. The van der Waals surface area contributed by atoms with E-state index in [0.29, 0.717) is 30.7 Å². The van der Waals surface area contributed by atoms with Crippen molar-refractivity contribution < 1.29 is 8.42 Å². The molecule has 0 amide bonds. The molecule has 0 unspecified atom stereocenters. The molecule has 1 fully saturated rings. The molecule has 0 saturated carbocycles. The van der Waals surface area contributed by atoms with Gasteiger partial charge in [0.1, 0.15) is 0 Å². The summed E-state index contributed by atoms with van der Waals surface area (Å²) in [4.78, 5) is 0. The zero-order chi connectivity index (χ0) is 12.9. The fourth-order valence-electron chi connectivity index (χ4n) is 2.19. The third kappa shape index (κ3) is 5.87. The number of nitrogens with zero attached hydrogens (tertiary/aromatic N) is 1. The summed E-state index contributed by atoms with van der Waals surface area (Å²) in [5, 5.41) is 3.16. The fraction of sp³-hybridized carbons (Fsp3) is 1.00. The third-order valence-electron chi connectivity index (χ3n) is 3.41. The van der Waals surface area contributed by atoms with Crippen LogP contribution >= 0.6 is 12.4 Å². The molecule has 0 aliphatic carbocycles. The first-order valence-corrected chi connectivity index (χ1v) is 8.19. The Hall–Kier alpha value is 0.160. The number of rotatable bonds is 6. The Kier molecular flexibility index (Phi) is 8.43. The van der Waals surface area contributed by atoms with Crippen LogP contribution in [0.5, 0.6) is 0 Å². The van der Waals surface area contributed by atoms with Gasteiger partial charge < -0.3 is 5.32 Å². The molecule has 1 aliphatic rings. The minimum Gasteiger partial charge on any atom is -0.319 e. The van der Waals surface area contributed by atoms with E-state index in [1.165, 1.54) is 0 Å². The number of halogens is 1. The number of sulfonamides is 1. The highest BCUT2D eigenvalue weighted by atomic mass is 35.5. The first-order chi connectivity index (χ1) is 7.95. The van der Waals surface area contributed by atoms with Crippen LogP contribution in [0, 0.1) is 11.8 Å². The van der Waals surface area contributed by atoms with Crippen LogP contribution in [0.25, 0.3) is 0 Å². The van der Waals surface area contributed by atoms with E-state index < -0.39 is 10.0 Å². The normalized spacial score (nSPS) is 18.9. The van der Waals surface area contributed by atoms with Gasteiger partial charge in [0.25, 0.3) is 0 Å². The van der Waals surface area contributed by atoms with E-state index >= 15 is 0 Å². The average molecular weight is 299 g/mol. The molecule has 0 spiro atoms. The van der Waals surface area contributed by atoms with Crippen LogP contribution in [-0.4, -0.2) is 45.2 Å². The predicted octanol–water partition coefficient (Wildman–Crippen LogP) is 1.72. The van der Waals surface area contributed by atoms with Gasteiger partial charge in [0.05, 0.1) is 5.75 Å². The molecule has 1 aliphatic heterocycles. The van der Waals surface area contributed by atoms with Gasteiger partial charge in [-0.1, -0.05) is 13.8 Å². The third-order valence-corrected chi connectivity index (χ3v) is 5.32. The standard InChI is InChI=1S/C12H26N2O2S.ClH/c1-11(2)6-9-17(15,16)14-7-4-12(5-8-14)10-13-3;/h11-13H,4-10H2,1-3H3;1H. The summed E-state index contributed by atoms with van der Waals surface area (Å²) in [5.41, 5.74) is 0. The number of piperidine rings is 1. The smallest absolute Gasteiger partial charge is 0.214 e. The lowest BCUT2D eigenvalue weighted by Crippen LogP contribution is -2.41. The zero-order valence-electron chi connectivity index (χ0n) is 11.7. The summed E-state index contributed by atoms with van der Waals surface area (Å²) in [5.74, 6) is 1.39. The van der Waals surface area contributed by atoms with Crippen molar-refractivity contribution in [3.63, 3.8) is 0 Å². The van der Waals surface area contributed by atoms with Crippen molar-refractivity contribution in [2.45, 2.75) is 33.1 Å². The van der Waals surface area contributed by atoms with E-state index in [4.69, 9.17) is 0 Å². The van der Waals surface area contributed by atoms with Crippen LogP contribution < -0.4 is 5.32 Å². The molecule has 18 heavy (non-hydrogen) atoms. The highest BCUT2D eigenvalue weighted by Crippen LogP contribution is 2.20. The van der Waals surface area contributed by atoms with Gasteiger partial charge in [-0.2, -0.15) is 0 Å². The summed E-state index contributed by atoms with van der Waals surface area (Å²) in [6.07, 6.45) is 2.74. The monoisotopic (exact) mass is 298 g/mol. The van der Waals surface area contributed by atoms with Crippen molar-refractivity contribution in [1.29, 1.82) is 0 Å². The molecule has 110 valence electrons. The molecular weight excluding hydrogens is 272 g/mol. The van der Waals surface area contributed by atoms with E-state index in [9.17, 15) is 8.42 Å². The lowest BCUT2D eigenvalue weighted by Gasteiger charge is -2.31. The topological polar surface area (TPSA) is 49.4 Å². The Balaban J connectivity index is 0.00000289. The van der Waals surface area contributed by atoms with Crippen LogP contribution in [0.2, 0.25) is 0 Å². The van der Waals surface area contributed by atoms with Gasteiger partial charge in [-0.3, -0.25) is 0 Å². The van der Waals surface area contributed by atoms with Crippen LogP contribution in [-0.2, 0) is 10.0 Å². The molecule has 0 aromatic rings. The molecule has 1 rings (SSSR count). The highest BCUT2D eigenvalue weighted by molar-refractivity contribution is 7.89. The molecule has 1 heterocycles. The van der Waals surface area contributed by atoms with Crippen molar-refractivity contribution >= 4 is 22.4 Å². The van der Waals surface area contributed by atoms with Gasteiger partial charge in [-0.25, -0.2) is 12.7 Å². The lowest BCUT2D eigenvalue weighted by atomic mass is 9.98. The first kappa shape index (κ1) is 18.2. The first-order valence-electron chi connectivity index (χ1n) is 6.58. The van der Waals surface area contributed by atoms with Crippen LogP contribution in [0.4, 0.5) is 0 Å². The minimum atomic E-state index is -3.00. The second kappa shape index (κ2) is 8.35. The summed E-state index contributed by atoms with van der Waals surface area (Å²) in [6, 6.07) is 0. The summed E-state index contributed by atoms with van der Waals surface area (Å²) < 4.78 is 25.8. The molecular formula is C12H27ClN2O2S. The highest BCUT2D eigenvalue weighted by Gasteiger charge is 2.27. The Morgan fingerprint density at radius 3 is 2.28 bits per heavy atom. The number of hydrogen-bond acceptors (Lipinski definition) is 3. The van der Waals surface area contributed by atoms with Gasteiger partial charge in [-0.15, -0.1) is 12.4 Å². The molecule has 0 aromatic heterocycles. The van der Waals surface area contributed by atoms with E-state index in [2.05, 4.69) is 19.2 Å². The van der Waals surface area contributed by atoms with Gasteiger partial charge in [0, 0.05) is 13.1 Å². The Bertz CT molecular complexity index is 312. The Morgan fingerprint density at radius 1 is 1.28 bits per heavy atom. The summed E-state index contributed by atoms with van der Waals surface area (Å²) >= 11 is 0.